The standard InChI is InChI=1S/C16H16BrNO2/c1-11-3-7-14(8-4-11)18-16(19)10-20-15-9-13(17)6-5-12(15)2/h3-9H,10H2,1-2H3,(H,18,19). The lowest BCUT2D eigenvalue weighted by Crippen LogP contribution is -2.20. The van der Waals surface area contributed by atoms with Crippen molar-refractivity contribution >= 4 is 27.5 Å². The largest absolute Gasteiger partial charge is 0.483 e. The average Bonchev–Trinajstić information content (AvgIpc) is 2.42. The van der Waals surface area contributed by atoms with E-state index in [0.29, 0.717) is 5.75 Å². The van der Waals surface area contributed by atoms with Gasteiger partial charge in [-0.1, -0.05) is 39.7 Å². The molecule has 20 heavy (non-hydrogen) atoms. The fourth-order valence-corrected chi connectivity index (χ4v) is 2.05. The van der Waals surface area contributed by atoms with E-state index in [9.17, 15) is 4.79 Å². The third-order valence-corrected chi connectivity index (χ3v) is 3.34. The van der Waals surface area contributed by atoms with Gasteiger partial charge in [0.15, 0.2) is 6.61 Å². The molecule has 2 aromatic carbocycles. The molecular formula is C16H16BrNO2. The molecule has 3 nitrogen and oxygen atoms in total. The second-order valence-corrected chi connectivity index (χ2v) is 5.53. The van der Waals surface area contributed by atoms with Gasteiger partial charge in [0.25, 0.3) is 5.91 Å². The van der Waals surface area contributed by atoms with E-state index in [2.05, 4.69) is 21.2 Å². The number of anilines is 1. The number of rotatable bonds is 4. The van der Waals surface area contributed by atoms with Crippen LogP contribution in [0.3, 0.4) is 0 Å². The van der Waals surface area contributed by atoms with Crippen LogP contribution in [-0.2, 0) is 4.79 Å². The van der Waals surface area contributed by atoms with Crippen molar-refractivity contribution in [2.75, 3.05) is 11.9 Å². The maximum absolute atomic E-state index is 11.8. The quantitative estimate of drug-likeness (QED) is 0.915. The van der Waals surface area contributed by atoms with E-state index in [1.807, 2.05) is 56.3 Å². The first-order valence-corrected chi connectivity index (χ1v) is 7.09. The van der Waals surface area contributed by atoms with Crippen LogP contribution in [0.5, 0.6) is 5.75 Å². The van der Waals surface area contributed by atoms with Gasteiger partial charge in [0.2, 0.25) is 0 Å². The summed E-state index contributed by atoms with van der Waals surface area (Å²) < 4.78 is 6.46. The zero-order chi connectivity index (χ0) is 14.5. The lowest BCUT2D eigenvalue weighted by molar-refractivity contribution is -0.118. The Labute approximate surface area is 127 Å². The van der Waals surface area contributed by atoms with Crippen LogP contribution in [0.4, 0.5) is 5.69 Å². The zero-order valence-electron chi connectivity index (χ0n) is 11.4. The highest BCUT2D eigenvalue weighted by Crippen LogP contribution is 2.22. The molecule has 4 heteroatoms. The summed E-state index contributed by atoms with van der Waals surface area (Å²) in [6, 6.07) is 13.4. The van der Waals surface area contributed by atoms with Crippen LogP contribution in [0.2, 0.25) is 0 Å². The molecule has 0 saturated heterocycles. The molecular weight excluding hydrogens is 318 g/mol. The Morgan fingerprint density at radius 3 is 2.55 bits per heavy atom. The number of benzene rings is 2. The Kier molecular flexibility index (Phi) is 4.79. The molecule has 0 spiro atoms. The van der Waals surface area contributed by atoms with Crippen molar-refractivity contribution in [3.63, 3.8) is 0 Å². The summed E-state index contributed by atoms with van der Waals surface area (Å²) in [4.78, 5) is 11.8. The summed E-state index contributed by atoms with van der Waals surface area (Å²) in [6.45, 7) is 3.94. The predicted octanol–water partition coefficient (Wildman–Crippen LogP) is 4.08. The topological polar surface area (TPSA) is 38.3 Å². The van der Waals surface area contributed by atoms with Crippen molar-refractivity contribution in [1.82, 2.24) is 0 Å². The van der Waals surface area contributed by atoms with Crippen molar-refractivity contribution in [3.8, 4) is 5.75 Å². The van der Waals surface area contributed by atoms with E-state index < -0.39 is 0 Å². The highest BCUT2D eigenvalue weighted by Gasteiger charge is 2.06. The lowest BCUT2D eigenvalue weighted by atomic mass is 10.2. The van der Waals surface area contributed by atoms with Crippen molar-refractivity contribution < 1.29 is 9.53 Å². The summed E-state index contributed by atoms with van der Waals surface area (Å²) in [5.41, 5.74) is 2.93. The van der Waals surface area contributed by atoms with Gasteiger partial charge in [0.05, 0.1) is 0 Å². The molecule has 0 aliphatic heterocycles. The second-order valence-electron chi connectivity index (χ2n) is 4.61. The van der Waals surface area contributed by atoms with Gasteiger partial charge in [-0.05, 0) is 43.7 Å². The van der Waals surface area contributed by atoms with Gasteiger partial charge in [0, 0.05) is 10.2 Å². The molecule has 0 aromatic heterocycles. The second kappa shape index (κ2) is 6.57. The molecule has 0 fully saturated rings. The first-order chi connectivity index (χ1) is 9.54. The predicted molar refractivity (Wildman–Crippen MR) is 84.2 cm³/mol. The first-order valence-electron chi connectivity index (χ1n) is 6.30. The summed E-state index contributed by atoms with van der Waals surface area (Å²) in [5.74, 6) is 0.534. The van der Waals surface area contributed by atoms with Crippen LogP contribution in [0, 0.1) is 13.8 Å². The molecule has 0 heterocycles. The highest BCUT2D eigenvalue weighted by atomic mass is 79.9. The Hall–Kier alpha value is -1.81. The molecule has 1 N–H and O–H groups in total. The van der Waals surface area contributed by atoms with Gasteiger partial charge in [-0.15, -0.1) is 0 Å². The lowest BCUT2D eigenvalue weighted by Gasteiger charge is -2.10. The molecule has 0 saturated carbocycles. The maximum Gasteiger partial charge on any atom is 0.262 e. The van der Waals surface area contributed by atoms with Crippen LogP contribution in [0.15, 0.2) is 46.9 Å². The number of amides is 1. The normalized spacial score (nSPS) is 10.2. The van der Waals surface area contributed by atoms with Crippen molar-refractivity contribution in [2.24, 2.45) is 0 Å². The average molecular weight is 334 g/mol. The monoisotopic (exact) mass is 333 g/mol. The fourth-order valence-electron chi connectivity index (χ4n) is 1.71. The molecule has 0 atom stereocenters. The molecule has 2 rings (SSSR count). The van der Waals surface area contributed by atoms with Crippen molar-refractivity contribution in [1.29, 1.82) is 0 Å². The van der Waals surface area contributed by atoms with Crippen LogP contribution >= 0.6 is 15.9 Å². The Bertz CT molecular complexity index is 608. The minimum atomic E-state index is -0.173. The minimum Gasteiger partial charge on any atom is -0.483 e. The summed E-state index contributed by atoms with van der Waals surface area (Å²) in [5, 5.41) is 2.80. The molecule has 0 unspecified atom stereocenters. The number of nitrogens with one attached hydrogen (secondary N) is 1. The Morgan fingerprint density at radius 2 is 1.85 bits per heavy atom. The molecule has 0 aliphatic rings. The Morgan fingerprint density at radius 1 is 1.15 bits per heavy atom. The number of ether oxygens (including phenoxy) is 1. The summed E-state index contributed by atoms with van der Waals surface area (Å²) >= 11 is 3.38. The molecule has 104 valence electrons. The molecule has 1 amide bonds. The number of hydrogen-bond acceptors (Lipinski definition) is 2. The van der Waals surface area contributed by atoms with Crippen LogP contribution < -0.4 is 10.1 Å². The highest BCUT2D eigenvalue weighted by molar-refractivity contribution is 9.10. The fraction of sp³-hybridized carbons (Fsp3) is 0.188. The van der Waals surface area contributed by atoms with Crippen LogP contribution in [-0.4, -0.2) is 12.5 Å². The maximum atomic E-state index is 11.8. The van der Waals surface area contributed by atoms with E-state index in [-0.39, 0.29) is 12.5 Å². The summed E-state index contributed by atoms with van der Waals surface area (Å²) in [7, 11) is 0. The van der Waals surface area contributed by atoms with Gasteiger partial charge in [0.1, 0.15) is 5.75 Å². The van der Waals surface area contributed by atoms with E-state index in [0.717, 1.165) is 21.3 Å². The smallest absolute Gasteiger partial charge is 0.262 e. The van der Waals surface area contributed by atoms with E-state index in [4.69, 9.17) is 4.74 Å². The number of carbonyl (C=O) groups is 1. The number of aryl methyl sites for hydroxylation is 2. The SMILES string of the molecule is Cc1ccc(NC(=O)COc2cc(Br)ccc2C)cc1. The number of halogens is 1. The van der Waals surface area contributed by atoms with E-state index in [1.54, 1.807) is 0 Å². The first kappa shape index (κ1) is 14.6. The third kappa shape index (κ3) is 4.10. The van der Waals surface area contributed by atoms with Gasteiger partial charge >= 0.3 is 0 Å². The van der Waals surface area contributed by atoms with Crippen LogP contribution in [0.1, 0.15) is 11.1 Å². The Balaban J connectivity index is 1.92. The van der Waals surface area contributed by atoms with E-state index >= 15 is 0 Å². The number of hydrogen-bond donors (Lipinski definition) is 1. The van der Waals surface area contributed by atoms with Crippen molar-refractivity contribution in [3.05, 3.63) is 58.1 Å². The van der Waals surface area contributed by atoms with Crippen molar-refractivity contribution in [2.45, 2.75) is 13.8 Å². The van der Waals surface area contributed by atoms with Gasteiger partial charge in [-0.25, -0.2) is 0 Å². The molecule has 0 bridgehead atoms. The number of carbonyl (C=O) groups excluding carboxylic acids is 1. The van der Waals surface area contributed by atoms with Gasteiger partial charge in [-0.2, -0.15) is 0 Å². The third-order valence-electron chi connectivity index (χ3n) is 2.84. The molecule has 2 aromatic rings. The zero-order valence-corrected chi connectivity index (χ0v) is 13.0. The molecule has 0 radical (unpaired) electrons. The van der Waals surface area contributed by atoms with Crippen LogP contribution in [0.25, 0.3) is 0 Å². The molecule has 0 aliphatic carbocycles. The summed E-state index contributed by atoms with van der Waals surface area (Å²) in [6.07, 6.45) is 0. The van der Waals surface area contributed by atoms with E-state index in [1.165, 1.54) is 0 Å². The van der Waals surface area contributed by atoms with Gasteiger partial charge in [-0.3, -0.25) is 4.79 Å². The van der Waals surface area contributed by atoms with Gasteiger partial charge < -0.3 is 10.1 Å². The minimum absolute atomic E-state index is 0.00876.